The van der Waals surface area contributed by atoms with Crippen molar-refractivity contribution in [2.45, 2.75) is 25.4 Å². The van der Waals surface area contributed by atoms with Crippen LogP contribution in [0.2, 0.25) is 0 Å². The normalized spacial score (nSPS) is 19.1. The van der Waals surface area contributed by atoms with E-state index >= 15 is 0 Å². The minimum Gasteiger partial charge on any atom is -0.390 e. The molecule has 2 heterocycles. The summed E-state index contributed by atoms with van der Waals surface area (Å²) in [7, 11) is 0. The number of hydrogen-bond donors (Lipinski definition) is 2. The van der Waals surface area contributed by atoms with Gasteiger partial charge in [0.1, 0.15) is 5.69 Å². The van der Waals surface area contributed by atoms with Crippen LogP contribution in [0.1, 0.15) is 30.3 Å². The lowest BCUT2D eigenvalue weighted by molar-refractivity contribution is -0.00222. The van der Waals surface area contributed by atoms with E-state index in [1.807, 2.05) is 0 Å². The molecular weight excluding hydrogens is 222 g/mol. The minimum absolute atomic E-state index is 0.211. The summed E-state index contributed by atoms with van der Waals surface area (Å²) in [4.78, 5) is 24.4. The van der Waals surface area contributed by atoms with Crippen molar-refractivity contribution < 1.29 is 9.90 Å². The van der Waals surface area contributed by atoms with Crippen molar-refractivity contribution in [2.24, 2.45) is 0 Å². The quantitative estimate of drug-likeness (QED) is 0.705. The first kappa shape index (κ1) is 11.8. The fraction of sp³-hybridized carbons (Fsp3) is 0.545. The van der Waals surface area contributed by atoms with Crippen LogP contribution in [0, 0.1) is 0 Å². The van der Waals surface area contributed by atoms with E-state index in [-0.39, 0.29) is 17.2 Å². The molecule has 1 fully saturated rings. The number of nitrogens with one attached hydrogen (secondary N) is 1. The summed E-state index contributed by atoms with van der Waals surface area (Å²) < 4.78 is 0. The summed E-state index contributed by atoms with van der Waals surface area (Å²) in [5.41, 5.74) is -0.788. The standard InChI is InChI=1S/C11H15N3O3/c1-11(17)4-6-14(7-5-11)10(16)8-2-3-9(15)13-12-8/h2-3,17H,4-7H2,1H3,(H,13,15). The summed E-state index contributed by atoms with van der Waals surface area (Å²) in [6, 6.07) is 2.69. The van der Waals surface area contributed by atoms with Gasteiger partial charge in [0, 0.05) is 19.2 Å². The van der Waals surface area contributed by atoms with Gasteiger partial charge < -0.3 is 10.0 Å². The second-order valence-electron chi connectivity index (χ2n) is 4.60. The SMILES string of the molecule is CC1(O)CCN(C(=O)c2ccc(=O)[nH]n2)CC1. The lowest BCUT2D eigenvalue weighted by atomic mass is 9.94. The van der Waals surface area contributed by atoms with Crippen LogP contribution in [0.3, 0.4) is 0 Å². The number of nitrogens with zero attached hydrogens (tertiary/aromatic N) is 2. The molecule has 0 atom stereocenters. The molecule has 1 aromatic heterocycles. The summed E-state index contributed by atoms with van der Waals surface area (Å²) >= 11 is 0. The minimum atomic E-state index is -0.685. The molecule has 0 aliphatic carbocycles. The lowest BCUT2D eigenvalue weighted by Crippen LogP contribution is -2.45. The van der Waals surface area contributed by atoms with E-state index in [2.05, 4.69) is 10.2 Å². The highest BCUT2D eigenvalue weighted by Gasteiger charge is 2.30. The second-order valence-corrected chi connectivity index (χ2v) is 4.60. The maximum absolute atomic E-state index is 12.0. The Morgan fingerprint density at radius 1 is 1.47 bits per heavy atom. The molecule has 0 bridgehead atoms. The predicted octanol–water partition coefficient (Wildman–Crippen LogP) is -0.243. The molecule has 2 N–H and O–H groups in total. The van der Waals surface area contributed by atoms with Crippen LogP contribution >= 0.6 is 0 Å². The highest BCUT2D eigenvalue weighted by molar-refractivity contribution is 5.92. The van der Waals surface area contributed by atoms with Gasteiger partial charge in [-0.25, -0.2) is 5.10 Å². The molecule has 2 rings (SSSR count). The number of aromatic amines is 1. The van der Waals surface area contributed by atoms with Gasteiger partial charge in [-0.1, -0.05) is 0 Å². The number of H-pyrrole nitrogens is 1. The molecule has 1 aliphatic heterocycles. The zero-order valence-corrected chi connectivity index (χ0v) is 9.64. The van der Waals surface area contributed by atoms with Crippen LogP contribution < -0.4 is 5.56 Å². The van der Waals surface area contributed by atoms with Crippen LogP contribution in [-0.2, 0) is 0 Å². The van der Waals surface area contributed by atoms with Crippen molar-refractivity contribution in [1.82, 2.24) is 15.1 Å². The Bertz CT molecular complexity index is 451. The van der Waals surface area contributed by atoms with Crippen LogP contribution in [0.15, 0.2) is 16.9 Å². The molecule has 0 saturated carbocycles. The van der Waals surface area contributed by atoms with Gasteiger partial charge in [-0.2, -0.15) is 5.10 Å². The zero-order chi connectivity index (χ0) is 12.5. The third-order valence-electron chi connectivity index (χ3n) is 3.03. The van der Waals surface area contributed by atoms with Gasteiger partial charge in [-0.05, 0) is 25.8 Å². The van der Waals surface area contributed by atoms with E-state index in [1.54, 1.807) is 11.8 Å². The lowest BCUT2D eigenvalue weighted by Gasteiger charge is -2.35. The molecule has 6 heteroatoms. The number of carbonyl (C=O) groups is 1. The third kappa shape index (κ3) is 2.71. The zero-order valence-electron chi connectivity index (χ0n) is 9.64. The number of aromatic nitrogens is 2. The Labute approximate surface area is 98.3 Å². The molecule has 1 amide bonds. The largest absolute Gasteiger partial charge is 0.390 e. The van der Waals surface area contributed by atoms with E-state index in [0.29, 0.717) is 25.9 Å². The van der Waals surface area contributed by atoms with Crippen LogP contribution in [0.5, 0.6) is 0 Å². The Morgan fingerprint density at radius 3 is 2.65 bits per heavy atom. The Hall–Kier alpha value is -1.69. The summed E-state index contributed by atoms with van der Waals surface area (Å²) in [5.74, 6) is -0.211. The van der Waals surface area contributed by atoms with Crippen LogP contribution in [0.4, 0.5) is 0 Å². The highest BCUT2D eigenvalue weighted by atomic mass is 16.3. The van der Waals surface area contributed by atoms with E-state index in [9.17, 15) is 14.7 Å². The molecule has 92 valence electrons. The fourth-order valence-corrected chi connectivity index (χ4v) is 1.82. The number of likely N-dealkylation sites (tertiary alicyclic amines) is 1. The smallest absolute Gasteiger partial charge is 0.274 e. The summed E-state index contributed by atoms with van der Waals surface area (Å²) in [5, 5.41) is 15.7. The first-order valence-corrected chi connectivity index (χ1v) is 5.55. The van der Waals surface area contributed by atoms with Gasteiger partial charge in [0.15, 0.2) is 0 Å². The van der Waals surface area contributed by atoms with Crippen molar-refractivity contribution in [1.29, 1.82) is 0 Å². The van der Waals surface area contributed by atoms with Gasteiger partial charge in [0.2, 0.25) is 0 Å². The van der Waals surface area contributed by atoms with Gasteiger partial charge in [-0.15, -0.1) is 0 Å². The average molecular weight is 237 g/mol. The molecule has 1 aromatic rings. The summed E-state index contributed by atoms with van der Waals surface area (Å²) in [6.45, 7) is 2.78. The number of hydrogen-bond acceptors (Lipinski definition) is 4. The number of carbonyl (C=O) groups excluding carboxylic acids is 1. The number of amides is 1. The van der Waals surface area contributed by atoms with Gasteiger partial charge in [-0.3, -0.25) is 9.59 Å². The third-order valence-corrected chi connectivity index (χ3v) is 3.03. The van der Waals surface area contributed by atoms with E-state index in [4.69, 9.17) is 0 Å². The van der Waals surface area contributed by atoms with Crippen LogP contribution in [0.25, 0.3) is 0 Å². The Kier molecular flexibility index (Phi) is 2.97. The van der Waals surface area contributed by atoms with Gasteiger partial charge >= 0.3 is 0 Å². The fourth-order valence-electron chi connectivity index (χ4n) is 1.82. The molecule has 0 unspecified atom stereocenters. The Balaban J connectivity index is 2.06. The van der Waals surface area contributed by atoms with Gasteiger partial charge in [0.25, 0.3) is 11.5 Å². The number of rotatable bonds is 1. The van der Waals surface area contributed by atoms with Gasteiger partial charge in [0.05, 0.1) is 5.60 Å². The van der Waals surface area contributed by atoms with E-state index in [1.165, 1.54) is 12.1 Å². The van der Waals surface area contributed by atoms with Crippen molar-refractivity contribution in [3.05, 3.63) is 28.2 Å². The van der Waals surface area contributed by atoms with Crippen LogP contribution in [-0.4, -0.2) is 44.8 Å². The topological polar surface area (TPSA) is 86.3 Å². The first-order chi connectivity index (χ1) is 7.98. The van der Waals surface area contributed by atoms with E-state index in [0.717, 1.165) is 0 Å². The molecular formula is C11H15N3O3. The second kappa shape index (κ2) is 4.29. The molecule has 1 saturated heterocycles. The summed E-state index contributed by atoms with van der Waals surface area (Å²) in [6.07, 6.45) is 1.12. The number of aliphatic hydroxyl groups is 1. The first-order valence-electron chi connectivity index (χ1n) is 5.55. The molecule has 6 nitrogen and oxygen atoms in total. The molecule has 0 aromatic carbocycles. The maximum Gasteiger partial charge on any atom is 0.274 e. The van der Waals surface area contributed by atoms with Crippen molar-refractivity contribution in [3.8, 4) is 0 Å². The highest BCUT2D eigenvalue weighted by Crippen LogP contribution is 2.21. The molecule has 17 heavy (non-hydrogen) atoms. The average Bonchev–Trinajstić information content (AvgIpc) is 2.29. The van der Waals surface area contributed by atoms with Crippen molar-refractivity contribution >= 4 is 5.91 Å². The maximum atomic E-state index is 12.0. The predicted molar refractivity (Wildman–Crippen MR) is 60.6 cm³/mol. The van der Waals surface area contributed by atoms with Crippen molar-refractivity contribution in [3.63, 3.8) is 0 Å². The van der Waals surface area contributed by atoms with Crippen molar-refractivity contribution in [2.75, 3.05) is 13.1 Å². The molecule has 0 spiro atoms. The number of piperidine rings is 1. The monoisotopic (exact) mass is 237 g/mol. The molecule has 1 aliphatic rings. The Morgan fingerprint density at radius 2 is 2.12 bits per heavy atom. The molecule has 0 radical (unpaired) electrons. The van der Waals surface area contributed by atoms with E-state index < -0.39 is 5.60 Å².